The Morgan fingerprint density at radius 3 is 2.70 bits per heavy atom. The molecule has 0 aromatic heterocycles. The van der Waals surface area contributed by atoms with Crippen LogP contribution in [0.5, 0.6) is 0 Å². The van der Waals surface area contributed by atoms with E-state index in [4.69, 9.17) is 5.73 Å². The third-order valence-corrected chi connectivity index (χ3v) is 5.06. The Labute approximate surface area is 120 Å². The Bertz CT molecular complexity index is 459. The van der Waals surface area contributed by atoms with Gasteiger partial charge in [-0.15, -0.1) is 0 Å². The van der Waals surface area contributed by atoms with E-state index in [1.165, 1.54) is 25.7 Å². The molecule has 1 amide bonds. The molecule has 3 rings (SSSR count). The van der Waals surface area contributed by atoms with Crippen molar-refractivity contribution in [2.75, 3.05) is 6.54 Å². The first-order valence-electron chi connectivity index (χ1n) is 7.79. The summed E-state index contributed by atoms with van der Waals surface area (Å²) in [5.41, 5.74) is 7.12. The quantitative estimate of drug-likeness (QED) is 0.862. The summed E-state index contributed by atoms with van der Waals surface area (Å²) in [6.45, 7) is 0.822. The van der Waals surface area contributed by atoms with Gasteiger partial charge in [0.15, 0.2) is 0 Å². The minimum Gasteiger partial charge on any atom is -0.354 e. The first kappa shape index (κ1) is 13.6. The van der Waals surface area contributed by atoms with Crippen molar-refractivity contribution in [3.8, 4) is 0 Å². The Morgan fingerprint density at radius 1 is 1.25 bits per heavy atom. The third kappa shape index (κ3) is 3.04. The topological polar surface area (TPSA) is 55.1 Å². The zero-order valence-corrected chi connectivity index (χ0v) is 11.9. The maximum atomic E-state index is 12.1. The van der Waals surface area contributed by atoms with Crippen molar-refractivity contribution in [2.24, 2.45) is 23.5 Å². The molecule has 0 heterocycles. The first-order chi connectivity index (χ1) is 9.72. The van der Waals surface area contributed by atoms with Crippen LogP contribution in [0.3, 0.4) is 0 Å². The van der Waals surface area contributed by atoms with Gasteiger partial charge in [-0.1, -0.05) is 36.8 Å². The zero-order valence-electron chi connectivity index (χ0n) is 11.9. The lowest BCUT2D eigenvalue weighted by Gasteiger charge is -2.22. The summed E-state index contributed by atoms with van der Waals surface area (Å²) < 4.78 is 0. The van der Waals surface area contributed by atoms with E-state index in [1.807, 2.05) is 30.3 Å². The summed E-state index contributed by atoms with van der Waals surface area (Å²) in [7, 11) is 0. The molecule has 0 spiro atoms. The van der Waals surface area contributed by atoms with Crippen LogP contribution in [-0.4, -0.2) is 18.5 Å². The lowest BCUT2D eigenvalue weighted by molar-refractivity contribution is -0.122. The number of fused-ring (bicyclic) bond motifs is 2. The van der Waals surface area contributed by atoms with Gasteiger partial charge in [-0.3, -0.25) is 4.79 Å². The van der Waals surface area contributed by atoms with Crippen LogP contribution < -0.4 is 11.1 Å². The maximum Gasteiger partial charge on any atom is 0.237 e. The predicted octanol–water partition coefficient (Wildman–Crippen LogP) is 2.11. The van der Waals surface area contributed by atoms with Crippen LogP contribution in [0.2, 0.25) is 0 Å². The first-order valence-corrected chi connectivity index (χ1v) is 7.79. The van der Waals surface area contributed by atoms with E-state index in [0.29, 0.717) is 12.3 Å². The molecule has 2 aliphatic carbocycles. The van der Waals surface area contributed by atoms with Crippen LogP contribution in [0.25, 0.3) is 0 Å². The Hall–Kier alpha value is -1.35. The standard InChI is InChI=1S/C17H24N2O/c18-16(10-12-4-2-1-3-5-12)17(20)19-11-15-9-13-6-7-14(15)8-13/h1-5,13-16H,6-11,18H2,(H,19,20)/t13?,14?,15?,16-/m1/s1. The number of nitrogens with two attached hydrogens (primary N) is 1. The van der Waals surface area contributed by atoms with Crippen molar-refractivity contribution in [1.29, 1.82) is 0 Å². The molecule has 3 unspecified atom stereocenters. The van der Waals surface area contributed by atoms with Gasteiger partial charge in [0.1, 0.15) is 0 Å². The van der Waals surface area contributed by atoms with E-state index in [-0.39, 0.29) is 5.91 Å². The molecule has 0 saturated heterocycles. The van der Waals surface area contributed by atoms with E-state index in [2.05, 4.69) is 5.32 Å². The highest BCUT2D eigenvalue weighted by atomic mass is 16.2. The van der Waals surface area contributed by atoms with E-state index < -0.39 is 6.04 Å². The average Bonchev–Trinajstić information content (AvgIpc) is 3.08. The summed E-state index contributed by atoms with van der Waals surface area (Å²) in [5, 5.41) is 3.07. The van der Waals surface area contributed by atoms with Crippen molar-refractivity contribution < 1.29 is 4.79 Å². The molecule has 0 aliphatic heterocycles. The van der Waals surface area contributed by atoms with Crippen LogP contribution in [0, 0.1) is 17.8 Å². The minimum atomic E-state index is -0.434. The molecular formula is C17H24N2O. The van der Waals surface area contributed by atoms with Crippen LogP contribution in [0.1, 0.15) is 31.2 Å². The van der Waals surface area contributed by atoms with Gasteiger partial charge in [0.25, 0.3) is 0 Å². The van der Waals surface area contributed by atoms with Gasteiger partial charge in [-0.05, 0) is 49.0 Å². The van der Waals surface area contributed by atoms with Crippen molar-refractivity contribution in [3.63, 3.8) is 0 Å². The zero-order chi connectivity index (χ0) is 13.9. The average molecular weight is 272 g/mol. The fourth-order valence-corrected chi connectivity index (χ4v) is 3.95. The van der Waals surface area contributed by atoms with Crippen LogP contribution in [0.15, 0.2) is 30.3 Å². The summed E-state index contributed by atoms with van der Waals surface area (Å²) in [5.74, 6) is 2.48. The molecule has 108 valence electrons. The van der Waals surface area contributed by atoms with Gasteiger partial charge < -0.3 is 11.1 Å². The van der Waals surface area contributed by atoms with Gasteiger partial charge in [0.2, 0.25) is 5.91 Å². The fourth-order valence-electron chi connectivity index (χ4n) is 3.95. The second-order valence-corrected chi connectivity index (χ2v) is 6.48. The second-order valence-electron chi connectivity index (χ2n) is 6.48. The summed E-state index contributed by atoms with van der Waals surface area (Å²) >= 11 is 0. The lowest BCUT2D eigenvalue weighted by atomic mass is 9.89. The van der Waals surface area contributed by atoms with Gasteiger partial charge in [0, 0.05) is 6.54 Å². The molecule has 20 heavy (non-hydrogen) atoms. The monoisotopic (exact) mass is 272 g/mol. The highest BCUT2D eigenvalue weighted by Gasteiger charge is 2.39. The molecule has 2 saturated carbocycles. The van der Waals surface area contributed by atoms with Crippen molar-refractivity contribution in [1.82, 2.24) is 5.32 Å². The Morgan fingerprint density at radius 2 is 2.05 bits per heavy atom. The highest BCUT2D eigenvalue weighted by Crippen LogP contribution is 2.47. The number of amides is 1. The number of hydrogen-bond acceptors (Lipinski definition) is 2. The molecule has 0 radical (unpaired) electrons. The summed E-state index contributed by atoms with van der Waals surface area (Å²) in [4.78, 5) is 12.1. The second kappa shape index (κ2) is 5.96. The van der Waals surface area contributed by atoms with Gasteiger partial charge in [-0.25, -0.2) is 0 Å². The summed E-state index contributed by atoms with van der Waals surface area (Å²) in [6.07, 6.45) is 6.07. The number of rotatable bonds is 5. The van der Waals surface area contributed by atoms with Crippen LogP contribution >= 0.6 is 0 Å². The summed E-state index contributed by atoms with van der Waals surface area (Å²) in [6, 6.07) is 9.54. The van der Waals surface area contributed by atoms with Crippen molar-refractivity contribution >= 4 is 5.91 Å². The highest BCUT2D eigenvalue weighted by molar-refractivity contribution is 5.81. The minimum absolute atomic E-state index is 0.00312. The van der Waals surface area contributed by atoms with Gasteiger partial charge in [-0.2, -0.15) is 0 Å². The van der Waals surface area contributed by atoms with Crippen LogP contribution in [-0.2, 0) is 11.2 Å². The SMILES string of the molecule is N[C@H](Cc1ccccc1)C(=O)NCC1CC2CCC1C2. The predicted molar refractivity (Wildman–Crippen MR) is 80.1 cm³/mol. The molecule has 3 N–H and O–H groups in total. The smallest absolute Gasteiger partial charge is 0.237 e. The number of carbonyl (C=O) groups excluding carboxylic acids is 1. The maximum absolute atomic E-state index is 12.1. The Balaban J connectivity index is 1.44. The van der Waals surface area contributed by atoms with E-state index in [1.54, 1.807) is 0 Å². The van der Waals surface area contributed by atoms with Crippen molar-refractivity contribution in [2.45, 2.75) is 38.1 Å². The molecule has 1 aromatic rings. The number of nitrogens with one attached hydrogen (secondary N) is 1. The fraction of sp³-hybridized carbons (Fsp3) is 0.588. The molecule has 4 atom stereocenters. The van der Waals surface area contributed by atoms with Gasteiger partial charge in [0.05, 0.1) is 6.04 Å². The van der Waals surface area contributed by atoms with Crippen molar-refractivity contribution in [3.05, 3.63) is 35.9 Å². The number of carbonyl (C=O) groups is 1. The number of benzene rings is 1. The third-order valence-electron chi connectivity index (χ3n) is 5.06. The van der Waals surface area contributed by atoms with Crippen LogP contribution in [0.4, 0.5) is 0 Å². The van der Waals surface area contributed by atoms with E-state index >= 15 is 0 Å². The molecule has 3 nitrogen and oxygen atoms in total. The van der Waals surface area contributed by atoms with Gasteiger partial charge >= 0.3 is 0 Å². The molecule has 1 aromatic carbocycles. The van der Waals surface area contributed by atoms with E-state index in [0.717, 1.165) is 23.9 Å². The largest absolute Gasteiger partial charge is 0.354 e. The molecular weight excluding hydrogens is 248 g/mol. The molecule has 2 bridgehead atoms. The Kier molecular flexibility index (Phi) is 4.06. The lowest BCUT2D eigenvalue weighted by Crippen LogP contribution is -2.44. The molecule has 2 fully saturated rings. The molecule has 2 aliphatic rings. The number of hydrogen-bond donors (Lipinski definition) is 2. The normalized spacial score (nSPS) is 29.4. The van der Waals surface area contributed by atoms with E-state index in [9.17, 15) is 4.79 Å². The molecule has 3 heteroatoms.